The molecule has 4 rings (SSSR count). The number of carboxylic acids is 1. The number of urea groups is 1. The number of nitrogens with zero attached hydrogens (tertiary/aromatic N) is 1. The van der Waals surface area contributed by atoms with Crippen LogP contribution in [0.3, 0.4) is 0 Å². The van der Waals surface area contributed by atoms with E-state index < -0.39 is 23.8 Å². The topological polar surface area (TPSA) is 122 Å². The van der Waals surface area contributed by atoms with E-state index >= 15 is 0 Å². The SMILES string of the molecule is CCOc1ccc(N2C(=O)NC(=O)/C(=C\c3cc(Br)ccc3OCc3ccc(C(=O)O)cc3)C2=O)cc1. The van der Waals surface area contributed by atoms with Crippen LogP contribution in [0, 0.1) is 0 Å². The quantitative estimate of drug-likeness (QED) is 0.298. The van der Waals surface area contributed by atoms with Crippen molar-refractivity contribution in [3.63, 3.8) is 0 Å². The lowest BCUT2D eigenvalue weighted by Crippen LogP contribution is -2.54. The van der Waals surface area contributed by atoms with Gasteiger partial charge in [-0.1, -0.05) is 28.1 Å². The molecule has 3 aromatic rings. The number of benzene rings is 3. The molecule has 9 nitrogen and oxygen atoms in total. The summed E-state index contributed by atoms with van der Waals surface area (Å²) in [5.74, 6) is -1.68. The van der Waals surface area contributed by atoms with E-state index in [0.29, 0.717) is 28.1 Å². The number of halogens is 1. The number of hydrogen-bond acceptors (Lipinski definition) is 6. The summed E-state index contributed by atoms with van der Waals surface area (Å²) in [6, 6.07) is 16.8. The standard InChI is InChI=1S/C27H21BrN2O7/c1-2-36-21-10-8-20(9-11-21)30-25(32)22(24(31)29-27(30)35)14-18-13-19(28)7-12-23(18)37-15-16-3-5-17(6-4-16)26(33)34/h3-14H,2,15H2,1H3,(H,33,34)(H,29,31,35)/b22-14+. The Hall–Kier alpha value is -4.44. The lowest BCUT2D eigenvalue weighted by Gasteiger charge is -2.26. The third kappa shape index (κ3) is 5.87. The maximum absolute atomic E-state index is 13.3. The molecule has 0 unspecified atom stereocenters. The van der Waals surface area contributed by atoms with Gasteiger partial charge in [0.05, 0.1) is 17.9 Å². The second-order valence-electron chi connectivity index (χ2n) is 7.86. The van der Waals surface area contributed by atoms with Gasteiger partial charge in [0.1, 0.15) is 23.7 Å². The molecule has 1 fully saturated rings. The van der Waals surface area contributed by atoms with E-state index in [0.717, 1.165) is 10.5 Å². The van der Waals surface area contributed by atoms with Gasteiger partial charge in [0.2, 0.25) is 0 Å². The van der Waals surface area contributed by atoms with Crippen LogP contribution in [0.25, 0.3) is 6.08 Å². The van der Waals surface area contributed by atoms with Crippen LogP contribution in [0.4, 0.5) is 10.5 Å². The summed E-state index contributed by atoms with van der Waals surface area (Å²) in [6.45, 7) is 2.43. The summed E-state index contributed by atoms with van der Waals surface area (Å²) < 4.78 is 12.0. The monoisotopic (exact) mass is 564 g/mol. The maximum Gasteiger partial charge on any atom is 0.335 e. The van der Waals surface area contributed by atoms with Gasteiger partial charge in [0, 0.05) is 10.0 Å². The van der Waals surface area contributed by atoms with Gasteiger partial charge in [0.25, 0.3) is 11.8 Å². The third-order valence-corrected chi connectivity index (χ3v) is 5.87. The van der Waals surface area contributed by atoms with Crippen molar-refractivity contribution in [2.45, 2.75) is 13.5 Å². The smallest absolute Gasteiger partial charge is 0.335 e. The summed E-state index contributed by atoms with van der Waals surface area (Å²) in [7, 11) is 0. The predicted molar refractivity (Wildman–Crippen MR) is 138 cm³/mol. The number of ether oxygens (including phenoxy) is 2. The average molecular weight is 565 g/mol. The first kappa shape index (κ1) is 25.6. The second kappa shape index (κ2) is 11.1. The zero-order chi connectivity index (χ0) is 26.5. The Bertz CT molecular complexity index is 1400. The van der Waals surface area contributed by atoms with Crippen molar-refractivity contribution in [1.82, 2.24) is 5.32 Å². The molecule has 188 valence electrons. The van der Waals surface area contributed by atoms with E-state index in [1.165, 1.54) is 18.2 Å². The molecule has 3 aromatic carbocycles. The van der Waals surface area contributed by atoms with Crippen molar-refractivity contribution < 1.29 is 33.8 Å². The van der Waals surface area contributed by atoms with Gasteiger partial charge in [-0.05, 0) is 73.2 Å². The van der Waals surface area contributed by atoms with Crippen LogP contribution in [-0.2, 0) is 16.2 Å². The lowest BCUT2D eigenvalue weighted by molar-refractivity contribution is -0.122. The fraction of sp³-hybridized carbons (Fsp3) is 0.111. The highest BCUT2D eigenvalue weighted by atomic mass is 79.9. The summed E-state index contributed by atoms with van der Waals surface area (Å²) in [4.78, 5) is 50.3. The minimum absolute atomic E-state index is 0.120. The van der Waals surface area contributed by atoms with Crippen molar-refractivity contribution in [3.05, 3.63) is 93.5 Å². The summed E-state index contributed by atoms with van der Waals surface area (Å²) in [6.07, 6.45) is 1.36. The number of amides is 4. The first-order valence-electron chi connectivity index (χ1n) is 11.2. The van der Waals surface area contributed by atoms with Crippen LogP contribution in [0.5, 0.6) is 11.5 Å². The van der Waals surface area contributed by atoms with Crippen molar-refractivity contribution >= 4 is 51.5 Å². The normalized spacial score (nSPS) is 14.5. The number of carbonyl (C=O) groups excluding carboxylic acids is 3. The zero-order valence-electron chi connectivity index (χ0n) is 19.6. The van der Waals surface area contributed by atoms with Gasteiger partial charge in [0.15, 0.2) is 0 Å². The van der Waals surface area contributed by atoms with E-state index in [9.17, 15) is 19.2 Å². The molecule has 0 spiro atoms. The molecular formula is C27H21BrN2O7. The summed E-state index contributed by atoms with van der Waals surface area (Å²) in [5, 5.41) is 11.3. The average Bonchev–Trinajstić information content (AvgIpc) is 2.87. The van der Waals surface area contributed by atoms with Gasteiger partial charge in [-0.2, -0.15) is 0 Å². The minimum Gasteiger partial charge on any atom is -0.494 e. The van der Waals surface area contributed by atoms with Crippen LogP contribution in [-0.4, -0.2) is 35.5 Å². The van der Waals surface area contributed by atoms with Gasteiger partial charge in [-0.3, -0.25) is 14.9 Å². The highest BCUT2D eigenvalue weighted by Gasteiger charge is 2.37. The number of carbonyl (C=O) groups is 4. The number of rotatable bonds is 8. The molecule has 1 aliphatic rings. The van der Waals surface area contributed by atoms with E-state index in [2.05, 4.69) is 21.2 Å². The second-order valence-corrected chi connectivity index (χ2v) is 8.77. The summed E-state index contributed by atoms with van der Waals surface area (Å²) >= 11 is 3.38. The van der Waals surface area contributed by atoms with Crippen molar-refractivity contribution in [1.29, 1.82) is 0 Å². The molecule has 2 N–H and O–H groups in total. The van der Waals surface area contributed by atoms with Gasteiger partial charge >= 0.3 is 12.0 Å². The Labute approximate surface area is 220 Å². The molecule has 4 amide bonds. The largest absolute Gasteiger partial charge is 0.494 e. The molecule has 0 radical (unpaired) electrons. The van der Waals surface area contributed by atoms with Gasteiger partial charge < -0.3 is 14.6 Å². The van der Waals surface area contributed by atoms with Gasteiger partial charge in [-0.25, -0.2) is 14.5 Å². The third-order valence-electron chi connectivity index (χ3n) is 5.37. The van der Waals surface area contributed by atoms with E-state index in [-0.39, 0.29) is 23.4 Å². The van der Waals surface area contributed by atoms with Gasteiger partial charge in [-0.15, -0.1) is 0 Å². The predicted octanol–water partition coefficient (Wildman–Crippen LogP) is 4.79. The fourth-order valence-electron chi connectivity index (χ4n) is 3.57. The Kier molecular flexibility index (Phi) is 7.69. The molecule has 1 saturated heterocycles. The van der Waals surface area contributed by atoms with Crippen LogP contribution in [0.2, 0.25) is 0 Å². The molecule has 0 bridgehead atoms. The number of hydrogen-bond donors (Lipinski definition) is 2. The molecule has 0 saturated carbocycles. The Morgan fingerprint density at radius 1 is 1.00 bits per heavy atom. The summed E-state index contributed by atoms with van der Waals surface area (Å²) in [5.41, 5.74) is 1.34. The molecule has 1 aliphatic heterocycles. The highest BCUT2D eigenvalue weighted by molar-refractivity contribution is 9.10. The van der Waals surface area contributed by atoms with Crippen molar-refractivity contribution in [2.75, 3.05) is 11.5 Å². The van der Waals surface area contributed by atoms with E-state index in [1.807, 2.05) is 6.92 Å². The molecule has 10 heteroatoms. The zero-order valence-corrected chi connectivity index (χ0v) is 21.2. The minimum atomic E-state index is -1.03. The Balaban J connectivity index is 1.61. The molecule has 0 aromatic heterocycles. The van der Waals surface area contributed by atoms with E-state index in [1.54, 1.807) is 54.6 Å². The molecule has 0 aliphatic carbocycles. The van der Waals surface area contributed by atoms with Crippen LogP contribution in [0.1, 0.15) is 28.4 Å². The molecule has 37 heavy (non-hydrogen) atoms. The highest BCUT2D eigenvalue weighted by Crippen LogP contribution is 2.29. The van der Waals surface area contributed by atoms with Crippen LogP contribution >= 0.6 is 15.9 Å². The maximum atomic E-state index is 13.3. The number of aromatic carboxylic acids is 1. The molecular weight excluding hydrogens is 544 g/mol. The number of imide groups is 2. The first-order valence-corrected chi connectivity index (χ1v) is 11.9. The van der Waals surface area contributed by atoms with Crippen LogP contribution in [0.15, 0.2) is 76.8 Å². The molecule has 1 heterocycles. The Morgan fingerprint density at radius 2 is 1.70 bits per heavy atom. The molecule has 0 atom stereocenters. The van der Waals surface area contributed by atoms with Crippen LogP contribution < -0.4 is 19.7 Å². The number of carboxylic acid groups (broad SMARTS) is 1. The number of barbiturate groups is 1. The lowest BCUT2D eigenvalue weighted by atomic mass is 10.1. The fourth-order valence-corrected chi connectivity index (χ4v) is 3.95. The van der Waals surface area contributed by atoms with Crippen molar-refractivity contribution in [2.24, 2.45) is 0 Å². The Morgan fingerprint density at radius 3 is 2.35 bits per heavy atom. The van der Waals surface area contributed by atoms with Crippen molar-refractivity contribution in [3.8, 4) is 11.5 Å². The number of nitrogens with one attached hydrogen (secondary N) is 1. The van der Waals surface area contributed by atoms with E-state index in [4.69, 9.17) is 14.6 Å². The number of anilines is 1. The first-order chi connectivity index (χ1) is 17.8.